The van der Waals surface area contributed by atoms with Gasteiger partial charge in [0.2, 0.25) is 5.91 Å². The molecule has 0 saturated heterocycles. The molecule has 1 amide bonds. The van der Waals surface area contributed by atoms with E-state index < -0.39 is 18.2 Å². The van der Waals surface area contributed by atoms with E-state index >= 15 is 0 Å². The van der Waals surface area contributed by atoms with Crippen LogP contribution in [0.4, 0.5) is 5.69 Å². The first kappa shape index (κ1) is 15.9. The van der Waals surface area contributed by atoms with E-state index in [0.29, 0.717) is 0 Å². The number of nitrogen functional groups attached to an aromatic ring is 1. The van der Waals surface area contributed by atoms with E-state index in [1.165, 1.54) is 25.1 Å². The van der Waals surface area contributed by atoms with Crippen LogP contribution in [0.15, 0.2) is 18.2 Å². The number of amides is 1. The van der Waals surface area contributed by atoms with Crippen molar-refractivity contribution in [2.75, 3.05) is 12.3 Å². The lowest BCUT2D eigenvalue weighted by atomic mass is 9.98. The van der Waals surface area contributed by atoms with Crippen LogP contribution in [0, 0.1) is 0 Å². The van der Waals surface area contributed by atoms with Crippen LogP contribution in [-0.4, -0.2) is 39.8 Å². The van der Waals surface area contributed by atoms with Gasteiger partial charge in [0.05, 0.1) is 11.7 Å². The summed E-state index contributed by atoms with van der Waals surface area (Å²) in [6, 6.07) is 3.91. The van der Waals surface area contributed by atoms with Crippen molar-refractivity contribution in [3.63, 3.8) is 0 Å². The van der Waals surface area contributed by atoms with Crippen LogP contribution in [0.5, 0.6) is 0 Å². The Morgan fingerprint density at radius 2 is 2.00 bits per heavy atom. The number of hydrogen-bond acceptors (Lipinski definition) is 5. The molecule has 6 N–H and O–H groups in total. The second kappa shape index (κ2) is 6.88. The van der Waals surface area contributed by atoms with Gasteiger partial charge in [-0.15, -0.1) is 0 Å². The Bertz CT molecular complexity index is 504. The summed E-state index contributed by atoms with van der Waals surface area (Å²) in [5.74, 6) is -1.38. The Morgan fingerprint density at radius 1 is 1.35 bits per heavy atom. The number of aliphatic hydroxyl groups is 2. The number of carbonyl (C=O) groups is 2. The van der Waals surface area contributed by atoms with Crippen molar-refractivity contribution < 1.29 is 24.9 Å². The third-order valence-corrected chi connectivity index (χ3v) is 2.83. The lowest BCUT2D eigenvalue weighted by Gasteiger charge is -2.20. The van der Waals surface area contributed by atoms with Crippen LogP contribution < -0.4 is 11.1 Å². The highest BCUT2D eigenvalue weighted by Crippen LogP contribution is 2.25. The van der Waals surface area contributed by atoms with Gasteiger partial charge in [-0.3, -0.25) is 4.79 Å². The maximum absolute atomic E-state index is 10.9. The lowest BCUT2D eigenvalue weighted by molar-refractivity contribution is -0.119. The molecule has 1 aromatic rings. The van der Waals surface area contributed by atoms with Gasteiger partial charge in [0.15, 0.2) is 0 Å². The molecule has 0 aliphatic carbocycles. The molecule has 7 heteroatoms. The number of carboxylic acid groups (broad SMARTS) is 1. The van der Waals surface area contributed by atoms with Crippen LogP contribution in [0.1, 0.15) is 35.4 Å². The second-order valence-corrected chi connectivity index (χ2v) is 4.43. The average molecular weight is 282 g/mol. The molecular weight excluding hydrogens is 264 g/mol. The summed E-state index contributed by atoms with van der Waals surface area (Å²) in [5, 5.41) is 31.2. The maximum atomic E-state index is 10.9. The van der Waals surface area contributed by atoms with Gasteiger partial charge in [-0.2, -0.15) is 0 Å². The molecule has 0 aliphatic heterocycles. The minimum atomic E-state index is -1.32. The normalized spacial score (nSPS) is 13.6. The van der Waals surface area contributed by atoms with E-state index in [9.17, 15) is 19.8 Å². The Kier molecular flexibility index (Phi) is 5.48. The SMILES string of the molecule is CC(=O)NCCC(O)C(O)c1cc(C(=O)O)ccc1N. The maximum Gasteiger partial charge on any atom is 0.335 e. The van der Waals surface area contributed by atoms with Crippen LogP contribution >= 0.6 is 0 Å². The summed E-state index contributed by atoms with van der Waals surface area (Å²) >= 11 is 0. The summed E-state index contributed by atoms with van der Waals surface area (Å²) in [7, 11) is 0. The molecular formula is C13H18N2O5. The summed E-state index contributed by atoms with van der Waals surface area (Å²) < 4.78 is 0. The van der Waals surface area contributed by atoms with Crippen molar-refractivity contribution in [1.82, 2.24) is 5.32 Å². The van der Waals surface area contributed by atoms with E-state index in [1.54, 1.807) is 0 Å². The molecule has 1 aromatic carbocycles. The minimum Gasteiger partial charge on any atom is -0.478 e. The first-order valence-electron chi connectivity index (χ1n) is 6.06. The predicted octanol–water partition coefficient (Wildman–Crippen LogP) is -0.113. The Morgan fingerprint density at radius 3 is 2.55 bits per heavy atom. The van der Waals surface area contributed by atoms with Gasteiger partial charge < -0.3 is 26.4 Å². The van der Waals surface area contributed by atoms with Crippen molar-refractivity contribution in [2.24, 2.45) is 0 Å². The van der Waals surface area contributed by atoms with Gasteiger partial charge in [0, 0.05) is 24.7 Å². The fourth-order valence-electron chi connectivity index (χ4n) is 1.73. The number of aliphatic hydroxyl groups excluding tert-OH is 2. The summed E-state index contributed by atoms with van der Waals surface area (Å²) in [6.07, 6.45) is -2.35. The van der Waals surface area contributed by atoms with E-state index in [-0.39, 0.29) is 35.7 Å². The van der Waals surface area contributed by atoms with Crippen molar-refractivity contribution in [1.29, 1.82) is 0 Å². The fraction of sp³-hybridized carbons (Fsp3) is 0.385. The first-order valence-corrected chi connectivity index (χ1v) is 6.06. The van der Waals surface area contributed by atoms with Gasteiger partial charge in [0.1, 0.15) is 6.10 Å². The van der Waals surface area contributed by atoms with Crippen molar-refractivity contribution in [3.8, 4) is 0 Å². The Labute approximate surface area is 116 Å². The molecule has 0 heterocycles. The molecule has 0 bridgehead atoms. The summed E-state index contributed by atoms with van der Waals surface area (Å²) in [6.45, 7) is 1.54. The third-order valence-electron chi connectivity index (χ3n) is 2.83. The van der Waals surface area contributed by atoms with Gasteiger partial charge in [-0.25, -0.2) is 4.79 Å². The van der Waals surface area contributed by atoms with E-state index in [1.807, 2.05) is 0 Å². The van der Waals surface area contributed by atoms with Crippen molar-refractivity contribution in [2.45, 2.75) is 25.6 Å². The number of nitrogens with one attached hydrogen (secondary N) is 1. The highest BCUT2D eigenvalue weighted by Gasteiger charge is 2.21. The molecule has 0 spiro atoms. The number of nitrogens with two attached hydrogens (primary N) is 1. The van der Waals surface area contributed by atoms with E-state index in [0.717, 1.165) is 0 Å². The topological polar surface area (TPSA) is 133 Å². The zero-order chi connectivity index (χ0) is 15.3. The second-order valence-electron chi connectivity index (χ2n) is 4.43. The van der Waals surface area contributed by atoms with Crippen LogP contribution in [0.3, 0.4) is 0 Å². The van der Waals surface area contributed by atoms with E-state index in [4.69, 9.17) is 10.8 Å². The number of anilines is 1. The van der Waals surface area contributed by atoms with Gasteiger partial charge in [-0.05, 0) is 24.6 Å². The highest BCUT2D eigenvalue weighted by atomic mass is 16.4. The first-order chi connectivity index (χ1) is 9.32. The highest BCUT2D eigenvalue weighted by molar-refractivity contribution is 5.88. The minimum absolute atomic E-state index is 0.0256. The molecule has 1 rings (SSSR count). The van der Waals surface area contributed by atoms with Gasteiger partial charge in [-0.1, -0.05) is 0 Å². The molecule has 20 heavy (non-hydrogen) atoms. The lowest BCUT2D eigenvalue weighted by Crippen LogP contribution is -2.28. The molecule has 110 valence electrons. The molecule has 7 nitrogen and oxygen atoms in total. The molecule has 2 unspecified atom stereocenters. The number of benzene rings is 1. The van der Waals surface area contributed by atoms with Crippen molar-refractivity contribution >= 4 is 17.6 Å². The van der Waals surface area contributed by atoms with E-state index in [2.05, 4.69) is 5.32 Å². The fourth-order valence-corrected chi connectivity index (χ4v) is 1.73. The van der Waals surface area contributed by atoms with Crippen molar-refractivity contribution in [3.05, 3.63) is 29.3 Å². The number of rotatable bonds is 6. The van der Waals surface area contributed by atoms with Crippen LogP contribution in [-0.2, 0) is 4.79 Å². The largest absolute Gasteiger partial charge is 0.478 e. The molecule has 0 radical (unpaired) electrons. The third kappa shape index (κ3) is 4.22. The number of carbonyl (C=O) groups excluding carboxylic acids is 1. The molecule has 0 aliphatic rings. The molecule has 2 atom stereocenters. The summed E-state index contributed by atoms with van der Waals surface area (Å²) in [4.78, 5) is 21.6. The standard InChI is InChI=1S/C13H18N2O5/c1-7(16)15-5-4-11(17)12(18)9-6-8(13(19)20)2-3-10(9)14/h2-3,6,11-12,17-18H,4-5,14H2,1H3,(H,15,16)(H,19,20). The number of hydrogen-bond donors (Lipinski definition) is 5. The Balaban J connectivity index is 2.79. The van der Waals surface area contributed by atoms with Gasteiger partial charge in [0.25, 0.3) is 0 Å². The van der Waals surface area contributed by atoms with Crippen LogP contribution in [0.2, 0.25) is 0 Å². The zero-order valence-corrected chi connectivity index (χ0v) is 11.0. The van der Waals surface area contributed by atoms with Gasteiger partial charge >= 0.3 is 5.97 Å². The number of aromatic carboxylic acids is 1. The quantitative estimate of drug-likeness (QED) is 0.462. The van der Waals surface area contributed by atoms with Crippen LogP contribution in [0.25, 0.3) is 0 Å². The Hall–Kier alpha value is -2.12. The predicted molar refractivity (Wildman–Crippen MR) is 72.1 cm³/mol. The molecule has 0 saturated carbocycles. The molecule has 0 fully saturated rings. The summed E-state index contributed by atoms with van der Waals surface area (Å²) in [5.41, 5.74) is 5.99. The average Bonchev–Trinajstić information content (AvgIpc) is 2.37. The monoisotopic (exact) mass is 282 g/mol. The molecule has 0 aromatic heterocycles. The number of carboxylic acids is 1. The smallest absolute Gasteiger partial charge is 0.335 e. The zero-order valence-electron chi connectivity index (χ0n) is 11.0.